The van der Waals surface area contributed by atoms with Gasteiger partial charge in [-0.25, -0.2) is 13.4 Å². The van der Waals surface area contributed by atoms with Crippen LogP contribution in [0.3, 0.4) is 0 Å². The Labute approximate surface area is 213 Å². The van der Waals surface area contributed by atoms with Crippen molar-refractivity contribution in [3.63, 3.8) is 0 Å². The summed E-state index contributed by atoms with van der Waals surface area (Å²) in [6.07, 6.45) is 3.74. The second-order valence-corrected chi connectivity index (χ2v) is 11.9. The Morgan fingerprint density at radius 2 is 1.58 bits per heavy atom. The molecule has 0 atom stereocenters. The number of aromatic nitrogens is 2. The molecule has 8 nitrogen and oxygen atoms in total. The van der Waals surface area contributed by atoms with Gasteiger partial charge in [-0.1, -0.05) is 12.1 Å². The van der Waals surface area contributed by atoms with Gasteiger partial charge >= 0.3 is 0 Å². The fraction of sp³-hybridized carbons (Fsp3) is 0.370. The first-order valence-corrected chi connectivity index (χ1v) is 13.9. The zero-order valence-corrected chi connectivity index (χ0v) is 21.8. The van der Waals surface area contributed by atoms with Crippen molar-refractivity contribution in [2.45, 2.75) is 56.6 Å². The van der Waals surface area contributed by atoms with Gasteiger partial charge in [-0.05, 0) is 82.0 Å². The van der Waals surface area contributed by atoms with E-state index < -0.39 is 15.1 Å². The van der Waals surface area contributed by atoms with Gasteiger partial charge in [0.2, 0.25) is 11.9 Å². The average molecular weight is 508 g/mol. The van der Waals surface area contributed by atoms with Crippen LogP contribution in [0.15, 0.2) is 59.5 Å². The number of nitrogens with one attached hydrogen (secondary N) is 2. The molecule has 3 aromatic rings. The van der Waals surface area contributed by atoms with Gasteiger partial charge in [-0.2, -0.15) is 4.98 Å². The van der Waals surface area contributed by atoms with Gasteiger partial charge in [0.15, 0.2) is 9.84 Å². The van der Waals surface area contributed by atoms with Gasteiger partial charge in [-0.15, -0.1) is 0 Å². The predicted molar refractivity (Wildman–Crippen MR) is 144 cm³/mol. The van der Waals surface area contributed by atoms with Gasteiger partial charge < -0.3 is 15.5 Å². The smallest absolute Gasteiger partial charge is 0.228 e. The number of carbonyl (C=O) groups excluding carboxylic acids is 1. The second kappa shape index (κ2) is 11.1. The fourth-order valence-corrected chi connectivity index (χ4v) is 5.16. The second-order valence-electron chi connectivity index (χ2n) is 9.41. The van der Waals surface area contributed by atoms with Crippen molar-refractivity contribution in [1.82, 2.24) is 9.97 Å². The molecule has 1 aromatic heterocycles. The standard InChI is InChI=1S/C27H33N5O3S/c1-19(2)36(34,35)24-13-7-21(8-14-24)18-26(33)30-23-11-9-22(10-12-23)29-25-17-20(3)28-27(31-25)32-15-5-4-6-16-32/h7-14,17,19H,4-6,15-16,18H2,1-3H3,(H,30,33)(H,28,29,31). The third-order valence-electron chi connectivity index (χ3n) is 6.16. The number of carbonyl (C=O) groups is 1. The van der Waals surface area contributed by atoms with Gasteiger partial charge in [0.1, 0.15) is 5.82 Å². The minimum Gasteiger partial charge on any atom is -0.341 e. The topological polar surface area (TPSA) is 104 Å². The summed E-state index contributed by atoms with van der Waals surface area (Å²) in [6.45, 7) is 7.24. The van der Waals surface area contributed by atoms with Gasteiger partial charge in [0.25, 0.3) is 0 Å². The number of piperidine rings is 1. The lowest BCUT2D eigenvalue weighted by Gasteiger charge is -2.27. The van der Waals surface area contributed by atoms with Crippen LogP contribution < -0.4 is 15.5 Å². The SMILES string of the molecule is Cc1cc(Nc2ccc(NC(=O)Cc3ccc(S(=O)(=O)C(C)C)cc3)cc2)nc(N2CCCCC2)n1. The van der Waals surface area contributed by atoms with Crippen molar-refractivity contribution >= 4 is 38.9 Å². The molecule has 190 valence electrons. The molecule has 1 aliphatic rings. The van der Waals surface area contributed by atoms with Crippen LogP contribution in [0.25, 0.3) is 0 Å². The highest BCUT2D eigenvalue weighted by Crippen LogP contribution is 2.22. The van der Waals surface area contributed by atoms with Gasteiger partial charge in [0.05, 0.1) is 16.6 Å². The van der Waals surface area contributed by atoms with E-state index in [0.29, 0.717) is 5.69 Å². The Morgan fingerprint density at radius 1 is 0.944 bits per heavy atom. The number of amides is 1. The van der Waals surface area contributed by atoms with E-state index in [1.54, 1.807) is 38.1 Å². The summed E-state index contributed by atoms with van der Waals surface area (Å²) in [6, 6.07) is 15.8. The number of aryl methyl sites for hydroxylation is 1. The van der Waals surface area contributed by atoms with Crippen LogP contribution in [-0.2, 0) is 21.1 Å². The molecule has 1 fully saturated rings. The first-order valence-electron chi connectivity index (χ1n) is 12.3. The van der Waals surface area contributed by atoms with Crippen molar-refractivity contribution in [1.29, 1.82) is 0 Å². The summed E-state index contributed by atoms with van der Waals surface area (Å²) < 4.78 is 24.5. The molecule has 0 saturated carbocycles. The molecule has 1 saturated heterocycles. The number of hydrogen-bond acceptors (Lipinski definition) is 7. The summed E-state index contributed by atoms with van der Waals surface area (Å²) >= 11 is 0. The third-order valence-corrected chi connectivity index (χ3v) is 8.33. The van der Waals surface area contributed by atoms with E-state index >= 15 is 0 Å². The van der Waals surface area contributed by atoms with Crippen LogP contribution in [0.4, 0.5) is 23.1 Å². The summed E-state index contributed by atoms with van der Waals surface area (Å²) in [5, 5.41) is 5.73. The van der Waals surface area contributed by atoms with Gasteiger partial charge in [0, 0.05) is 36.2 Å². The molecule has 0 aliphatic carbocycles. The lowest BCUT2D eigenvalue weighted by Crippen LogP contribution is -2.31. The largest absolute Gasteiger partial charge is 0.341 e. The van der Waals surface area contributed by atoms with E-state index in [2.05, 4.69) is 20.5 Å². The quantitative estimate of drug-likeness (QED) is 0.448. The van der Waals surface area contributed by atoms with Crippen molar-refractivity contribution in [3.8, 4) is 0 Å². The summed E-state index contributed by atoms with van der Waals surface area (Å²) in [4.78, 5) is 24.3. The first kappa shape index (κ1) is 25.6. The number of sulfone groups is 1. The predicted octanol–water partition coefficient (Wildman–Crippen LogP) is 4.88. The van der Waals surface area contributed by atoms with Crippen LogP contribution in [0.1, 0.15) is 44.4 Å². The lowest BCUT2D eigenvalue weighted by molar-refractivity contribution is -0.115. The maximum absolute atomic E-state index is 12.5. The molecule has 0 radical (unpaired) electrons. The number of hydrogen-bond donors (Lipinski definition) is 2. The van der Waals surface area contributed by atoms with E-state index in [4.69, 9.17) is 4.98 Å². The van der Waals surface area contributed by atoms with Crippen molar-refractivity contribution < 1.29 is 13.2 Å². The number of nitrogens with zero attached hydrogens (tertiary/aromatic N) is 3. The summed E-state index contributed by atoms with van der Waals surface area (Å²) in [7, 11) is -3.33. The molecule has 1 amide bonds. The Kier molecular flexibility index (Phi) is 7.88. The summed E-state index contributed by atoms with van der Waals surface area (Å²) in [5.74, 6) is 1.33. The van der Waals surface area contributed by atoms with E-state index in [1.165, 1.54) is 19.3 Å². The highest BCUT2D eigenvalue weighted by atomic mass is 32.2. The number of rotatable bonds is 8. The monoisotopic (exact) mass is 507 g/mol. The lowest BCUT2D eigenvalue weighted by atomic mass is 10.1. The molecule has 0 bridgehead atoms. The Bertz CT molecular complexity index is 1300. The molecule has 0 spiro atoms. The van der Waals surface area contributed by atoms with Crippen LogP contribution >= 0.6 is 0 Å². The van der Waals surface area contributed by atoms with E-state index in [9.17, 15) is 13.2 Å². The molecular weight excluding hydrogens is 474 g/mol. The highest BCUT2D eigenvalue weighted by Gasteiger charge is 2.19. The van der Waals surface area contributed by atoms with Crippen LogP contribution in [0.5, 0.6) is 0 Å². The molecule has 2 N–H and O–H groups in total. The number of anilines is 4. The molecule has 0 unspecified atom stereocenters. The minimum absolute atomic E-state index is 0.154. The third kappa shape index (κ3) is 6.40. The van der Waals surface area contributed by atoms with Crippen LogP contribution in [0.2, 0.25) is 0 Å². The van der Waals surface area contributed by atoms with Gasteiger partial charge in [-0.3, -0.25) is 4.79 Å². The molecule has 9 heteroatoms. The Balaban J connectivity index is 1.35. The minimum atomic E-state index is -3.33. The summed E-state index contributed by atoms with van der Waals surface area (Å²) in [5.41, 5.74) is 3.19. The Hall–Kier alpha value is -3.46. The first-order chi connectivity index (χ1) is 17.2. The van der Waals surface area contributed by atoms with Crippen molar-refractivity contribution in [3.05, 3.63) is 65.9 Å². The zero-order valence-electron chi connectivity index (χ0n) is 21.0. The molecule has 36 heavy (non-hydrogen) atoms. The van der Waals surface area contributed by atoms with E-state index in [1.807, 2.05) is 37.3 Å². The maximum Gasteiger partial charge on any atom is 0.228 e. The molecular formula is C27H33N5O3S. The molecule has 1 aliphatic heterocycles. The van der Waals surface area contributed by atoms with Crippen molar-refractivity contribution in [2.75, 3.05) is 28.6 Å². The normalized spacial score (nSPS) is 14.1. The fourth-order valence-electron chi connectivity index (χ4n) is 4.10. The highest BCUT2D eigenvalue weighted by molar-refractivity contribution is 7.92. The van der Waals surface area contributed by atoms with Crippen LogP contribution in [-0.4, -0.2) is 42.6 Å². The van der Waals surface area contributed by atoms with E-state index in [-0.39, 0.29) is 17.2 Å². The van der Waals surface area contributed by atoms with E-state index in [0.717, 1.165) is 41.8 Å². The maximum atomic E-state index is 12.5. The molecule has 4 rings (SSSR count). The zero-order chi connectivity index (χ0) is 25.7. The molecule has 2 heterocycles. The molecule has 2 aromatic carbocycles. The van der Waals surface area contributed by atoms with Crippen LogP contribution in [0, 0.1) is 6.92 Å². The number of benzene rings is 2. The van der Waals surface area contributed by atoms with Crippen molar-refractivity contribution in [2.24, 2.45) is 0 Å². The average Bonchev–Trinajstić information content (AvgIpc) is 2.85. The Morgan fingerprint density at radius 3 is 2.22 bits per heavy atom.